The fourth-order valence-corrected chi connectivity index (χ4v) is 3.69. The van der Waals surface area contributed by atoms with Gasteiger partial charge in [0.25, 0.3) is 0 Å². The van der Waals surface area contributed by atoms with E-state index in [0.717, 1.165) is 35.9 Å². The highest BCUT2D eigenvalue weighted by molar-refractivity contribution is 5.88. The van der Waals surface area contributed by atoms with Gasteiger partial charge in [0.05, 0.1) is 18.9 Å². The molecule has 0 saturated carbocycles. The Bertz CT molecular complexity index is 917. The van der Waals surface area contributed by atoms with E-state index in [1.807, 2.05) is 35.4 Å². The van der Waals surface area contributed by atoms with Crippen molar-refractivity contribution in [2.24, 2.45) is 0 Å². The first-order valence-electron chi connectivity index (χ1n) is 9.39. The van der Waals surface area contributed by atoms with Gasteiger partial charge in [0.2, 0.25) is 11.8 Å². The van der Waals surface area contributed by atoms with Crippen LogP contribution in [-0.2, 0) is 22.4 Å². The maximum atomic E-state index is 12.9. The second-order valence-corrected chi connectivity index (χ2v) is 7.01. The van der Waals surface area contributed by atoms with Gasteiger partial charge in [0.15, 0.2) is 5.82 Å². The number of nitrogens with zero attached hydrogens (tertiary/aromatic N) is 3. The van der Waals surface area contributed by atoms with Crippen molar-refractivity contribution in [3.05, 3.63) is 47.7 Å². The number of hydrogen-bond acceptors (Lipinski definition) is 5. The Labute approximate surface area is 157 Å². The van der Waals surface area contributed by atoms with Gasteiger partial charge in [-0.25, -0.2) is 0 Å². The van der Waals surface area contributed by atoms with Crippen LogP contribution in [0.2, 0.25) is 0 Å². The molecule has 1 saturated heterocycles. The number of amides is 1. The Kier molecular flexibility index (Phi) is 5.20. The Balaban J connectivity index is 1.41. The molecule has 1 atom stereocenters. The SMILES string of the molecule is COCCc1noc([C@@H]2CCCN(C(=O)Cc3c[nH]c4ccccc34)C2)n1. The highest BCUT2D eigenvalue weighted by atomic mass is 16.5. The summed E-state index contributed by atoms with van der Waals surface area (Å²) in [6, 6.07) is 8.06. The fourth-order valence-electron chi connectivity index (χ4n) is 3.69. The Morgan fingerprint density at radius 3 is 3.19 bits per heavy atom. The van der Waals surface area contributed by atoms with Crippen molar-refractivity contribution in [2.75, 3.05) is 26.8 Å². The number of hydrogen-bond donors (Lipinski definition) is 1. The van der Waals surface area contributed by atoms with E-state index in [0.29, 0.717) is 37.7 Å². The molecule has 0 aliphatic carbocycles. The van der Waals surface area contributed by atoms with E-state index in [-0.39, 0.29) is 11.8 Å². The zero-order chi connectivity index (χ0) is 18.6. The second kappa shape index (κ2) is 7.92. The molecule has 1 aromatic carbocycles. The minimum absolute atomic E-state index is 0.106. The van der Waals surface area contributed by atoms with Gasteiger partial charge in [-0.3, -0.25) is 4.79 Å². The third kappa shape index (κ3) is 3.88. The van der Waals surface area contributed by atoms with Crippen molar-refractivity contribution in [2.45, 2.75) is 31.6 Å². The van der Waals surface area contributed by atoms with Crippen LogP contribution < -0.4 is 0 Å². The van der Waals surface area contributed by atoms with E-state index < -0.39 is 0 Å². The molecule has 3 aromatic rings. The summed E-state index contributed by atoms with van der Waals surface area (Å²) in [7, 11) is 1.65. The number of carbonyl (C=O) groups is 1. The molecule has 27 heavy (non-hydrogen) atoms. The van der Waals surface area contributed by atoms with Gasteiger partial charge in [0, 0.05) is 43.7 Å². The smallest absolute Gasteiger partial charge is 0.231 e. The summed E-state index contributed by atoms with van der Waals surface area (Å²) in [4.78, 5) is 22.5. The van der Waals surface area contributed by atoms with Crippen molar-refractivity contribution in [1.29, 1.82) is 0 Å². The van der Waals surface area contributed by atoms with Gasteiger partial charge < -0.3 is 19.1 Å². The molecule has 1 N–H and O–H groups in total. The lowest BCUT2D eigenvalue weighted by atomic mass is 9.97. The maximum absolute atomic E-state index is 12.9. The van der Waals surface area contributed by atoms with Crippen molar-refractivity contribution >= 4 is 16.8 Å². The standard InChI is InChI=1S/C20H24N4O3/c1-26-10-8-18-22-20(27-23-18)14-5-4-9-24(13-14)19(25)11-15-12-21-17-7-3-2-6-16(15)17/h2-3,6-7,12,14,21H,4-5,8-11,13H2,1H3/t14-/m1/s1. The van der Waals surface area contributed by atoms with E-state index in [1.54, 1.807) is 7.11 Å². The van der Waals surface area contributed by atoms with Crippen LogP contribution in [0.15, 0.2) is 35.0 Å². The summed E-state index contributed by atoms with van der Waals surface area (Å²) >= 11 is 0. The molecule has 142 valence electrons. The lowest BCUT2D eigenvalue weighted by Gasteiger charge is -2.31. The van der Waals surface area contributed by atoms with E-state index >= 15 is 0 Å². The van der Waals surface area contributed by atoms with Gasteiger partial charge >= 0.3 is 0 Å². The molecule has 3 heterocycles. The second-order valence-electron chi connectivity index (χ2n) is 7.01. The average Bonchev–Trinajstić information content (AvgIpc) is 3.34. The summed E-state index contributed by atoms with van der Waals surface area (Å²) in [5.74, 6) is 1.54. The fraction of sp³-hybridized carbons (Fsp3) is 0.450. The average molecular weight is 368 g/mol. The number of nitrogens with one attached hydrogen (secondary N) is 1. The highest BCUT2D eigenvalue weighted by Crippen LogP contribution is 2.27. The Morgan fingerprint density at radius 1 is 1.41 bits per heavy atom. The summed E-state index contributed by atoms with van der Waals surface area (Å²) in [6.45, 7) is 1.98. The van der Waals surface area contributed by atoms with Gasteiger partial charge in [-0.15, -0.1) is 0 Å². The van der Waals surface area contributed by atoms with Gasteiger partial charge in [-0.05, 0) is 24.5 Å². The number of carbonyl (C=O) groups excluding carboxylic acids is 1. The van der Waals surface area contributed by atoms with Crippen LogP contribution in [0.4, 0.5) is 0 Å². The molecule has 1 aliphatic rings. The van der Waals surface area contributed by atoms with E-state index in [2.05, 4.69) is 15.1 Å². The molecule has 7 nitrogen and oxygen atoms in total. The van der Waals surface area contributed by atoms with Crippen molar-refractivity contribution in [3.8, 4) is 0 Å². The van der Waals surface area contributed by atoms with Crippen LogP contribution in [0.3, 0.4) is 0 Å². The first-order valence-corrected chi connectivity index (χ1v) is 9.39. The number of aromatic nitrogens is 3. The van der Waals surface area contributed by atoms with Crippen LogP contribution in [0.25, 0.3) is 10.9 Å². The predicted octanol–water partition coefficient (Wildman–Crippen LogP) is 2.69. The lowest BCUT2D eigenvalue weighted by Crippen LogP contribution is -2.40. The zero-order valence-corrected chi connectivity index (χ0v) is 15.5. The van der Waals surface area contributed by atoms with Crippen LogP contribution in [0.5, 0.6) is 0 Å². The van der Waals surface area contributed by atoms with Crippen molar-refractivity contribution in [1.82, 2.24) is 20.0 Å². The highest BCUT2D eigenvalue weighted by Gasteiger charge is 2.28. The molecule has 2 aromatic heterocycles. The lowest BCUT2D eigenvalue weighted by molar-refractivity contribution is -0.131. The number of H-pyrrole nitrogens is 1. The van der Waals surface area contributed by atoms with Gasteiger partial charge in [-0.1, -0.05) is 23.4 Å². The summed E-state index contributed by atoms with van der Waals surface area (Å²) in [5, 5.41) is 5.13. The number of methoxy groups -OCH3 is 1. The van der Waals surface area contributed by atoms with E-state index in [1.165, 1.54) is 0 Å². The number of benzene rings is 1. The van der Waals surface area contributed by atoms with E-state index in [9.17, 15) is 4.79 Å². The zero-order valence-electron chi connectivity index (χ0n) is 15.5. The number of likely N-dealkylation sites (tertiary alicyclic amines) is 1. The van der Waals surface area contributed by atoms with E-state index in [4.69, 9.17) is 9.26 Å². The molecule has 0 radical (unpaired) electrons. The molecule has 0 unspecified atom stereocenters. The number of fused-ring (bicyclic) bond motifs is 1. The normalized spacial score (nSPS) is 17.5. The minimum Gasteiger partial charge on any atom is -0.384 e. The first kappa shape index (κ1) is 17.7. The number of para-hydroxylation sites is 1. The summed E-state index contributed by atoms with van der Waals surface area (Å²) in [6.07, 6.45) is 4.88. The monoisotopic (exact) mass is 368 g/mol. The molecule has 0 bridgehead atoms. The number of piperidine rings is 1. The summed E-state index contributed by atoms with van der Waals surface area (Å²) in [5.41, 5.74) is 2.10. The molecule has 1 amide bonds. The molecule has 4 rings (SSSR count). The van der Waals surface area contributed by atoms with Crippen molar-refractivity contribution < 1.29 is 14.1 Å². The molecular formula is C20H24N4O3. The van der Waals surface area contributed by atoms with Gasteiger partial charge in [0.1, 0.15) is 0 Å². The Morgan fingerprint density at radius 2 is 2.30 bits per heavy atom. The number of ether oxygens (including phenoxy) is 1. The molecule has 1 aliphatic heterocycles. The Hall–Kier alpha value is -2.67. The van der Waals surface area contributed by atoms with Crippen LogP contribution in [-0.4, -0.2) is 52.7 Å². The first-order chi connectivity index (χ1) is 13.2. The molecule has 0 spiro atoms. The largest absolute Gasteiger partial charge is 0.384 e. The van der Waals surface area contributed by atoms with Crippen molar-refractivity contribution in [3.63, 3.8) is 0 Å². The molecule has 1 fully saturated rings. The van der Waals surface area contributed by atoms with Crippen LogP contribution >= 0.6 is 0 Å². The summed E-state index contributed by atoms with van der Waals surface area (Å²) < 4.78 is 10.5. The third-order valence-electron chi connectivity index (χ3n) is 5.15. The topological polar surface area (TPSA) is 84.3 Å². The molecule has 7 heteroatoms. The quantitative estimate of drug-likeness (QED) is 0.723. The number of rotatable bonds is 6. The maximum Gasteiger partial charge on any atom is 0.231 e. The number of aromatic amines is 1. The molecular weight excluding hydrogens is 344 g/mol. The van der Waals surface area contributed by atoms with Crippen LogP contribution in [0, 0.1) is 0 Å². The third-order valence-corrected chi connectivity index (χ3v) is 5.15. The van der Waals surface area contributed by atoms with Gasteiger partial charge in [-0.2, -0.15) is 4.98 Å². The van der Waals surface area contributed by atoms with Crippen LogP contribution in [0.1, 0.15) is 36.0 Å². The minimum atomic E-state index is 0.106. The predicted molar refractivity (Wildman–Crippen MR) is 100 cm³/mol.